The van der Waals surface area contributed by atoms with Crippen molar-refractivity contribution in [2.45, 2.75) is 38.3 Å². The Hall–Kier alpha value is -0.380. The molecule has 2 aliphatic rings. The van der Waals surface area contributed by atoms with E-state index in [1.165, 1.54) is 45.4 Å². The lowest BCUT2D eigenvalue weighted by molar-refractivity contribution is 0.179. The Bertz CT molecular complexity index is 242. The van der Waals surface area contributed by atoms with Crippen LogP contribution in [0.25, 0.3) is 0 Å². The SMILES string of the molecule is C=CCNCC(C)N1CCCN2CCCC2C1. The maximum absolute atomic E-state index is 3.75. The van der Waals surface area contributed by atoms with Crippen LogP contribution in [0.1, 0.15) is 26.2 Å². The molecule has 0 aromatic heterocycles. The average molecular weight is 237 g/mol. The number of fused-ring (bicyclic) bond motifs is 1. The fourth-order valence-corrected chi connectivity index (χ4v) is 3.16. The van der Waals surface area contributed by atoms with Crippen molar-refractivity contribution in [3.8, 4) is 0 Å². The number of nitrogens with zero attached hydrogens (tertiary/aromatic N) is 2. The van der Waals surface area contributed by atoms with Gasteiger partial charge in [-0.2, -0.15) is 0 Å². The highest BCUT2D eigenvalue weighted by Gasteiger charge is 2.29. The van der Waals surface area contributed by atoms with Gasteiger partial charge in [0.05, 0.1) is 0 Å². The lowest BCUT2D eigenvalue weighted by atomic mass is 10.2. The largest absolute Gasteiger partial charge is 0.312 e. The molecule has 3 nitrogen and oxygen atoms in total. The number of hydrogen-bond acceptors (Lipinski definition) is 3. The Morgan fingerprint density at radius 1 is 1.35 bits per heavy atom. The van der Waals surface area contributed by atoms with Crippen LogP contribution in [0.2, 0.25) is 0 Å². The summed E-state index contributed by atoms with van der Waals surface area (Å²) in [6, 6.07) is 1.48. The van der Waals surface area contributed by atoms with E-state index < -0.39 is 0 Å². The number of rotatable bonds is 5. The molecule has 1 N–H and O–H groups in total. The summed E-state index contributed by atoms with van der Waals surface area (Å²) in [6.07, 6.45) is 6.08. The van der Waals surface area contributed by atoms with E-state index in [0.29, 0.717) is 6.04 Å². The van der Waals surface area contributed by atoms with E-state index in [1.807, 2.05) is 6.08 Å². The number of hydrogen-bond donors (Lipinski definition) is 1. The van der Waals surface area contributed by atoms with Gasteiger partial charge >= 0.3 is 0 Å². The quantitative estimate of drug-likeness (QED) is 0.575. The first-order valence-electron chi connectivity index (χ1n) is 7.11. The minimum atomic E-state index is 0.649. The molecule has 0 aliphatic carbocycles. The summed E-state index contributed by atoms with van der Waals surface area (Å²) in [7, 11) is 0. The second-order valence-electron chi connectivity index (χ2n) is 5.48. The Labute approximate surface area is 106 Å². The molecule has 2 heterocycles. The Morgan fingerprint density at radius 3 is 3.00 bits per heavy atom. The van der Waals surface area contributed by atoms with Crippen molar-refractivity contribution in [3.05, 3.63) is 12.7 Å². The van der Waals surface area contributed by atoms with Crippen molar-refractivity contribution in [3.63, 3.8) is 0 Å². The summed E-state index contributed by atoms with van der Waals surface area (Å²) in [6.45, 7) is 13.3. The zero-order chi connectivity index (χ0) is 12.1. The van der Waals surface area contributed by atoms with Gasteiger partial charge in [0.1, 0.15) is 0 Å². The standard InChI is InChI=1S/C14H27N3/c1-3-7-15-11-13(2)17-10-5-9-16-8-4-6-14(16)12-17/h3,13-15H,1,4-12H2,2H3. The van der Waals surface area contributed by atoms with Gasteiger partial charge in [-0.1, -0.05) is 6.08 Å². The third-order valence-corrected chi connectivity index (χ3v) is 4.19. The Morgan fingerprint density at radius 2 is 2.18 bits per heavy atom. The van der Waals surface area contributed by atoms with Crippen molar-refractivity contribution in [2.75, 3.05) is 39.3 Å². The van der Waals surface area contributed by atoms with Gasteiger partial charge in [0.25, 0.3) is 0 Å². The topological polar surface area (TPSA) is 18.5 Å². The molecule has 98 valence electrons. The van der Waals surface area contributed by atoms with E-state index in [4.69, 9.17) is 0 Å². The zero-order valence-electron chi connectivity index (χ0n) is 11.2. The van der Waals surface area contributed by atoms with E-state index in [0.717, 1.165) is 19.1 Å². The molecule has 0 saturated carbocycles. The van der Waals surface area contributed by atoms with E-state index in [1.54, 1.807) is 0 Å². The maximum atomic E-state index is 3.75. The van der Waals surface area contributed by atoms with Crippen molar-refractivity contribution in [2.24, 2.45) is 0 Å². The van der Waals surface area contributed by atoms with E-state index in [-0.39, 0.29) is 0 Å². The van der Waals surface area contributed by atoms with Gasteiger partial charge in [-0.15, -0.1) is 6.58 Å². The lowest BCUT2D eigenvalue weighted by Gasteiger charge is -2.30. The monoisotopic (exact) mass is 237 g/mol. The normalized spacial score (nSPS) is 28.6. The lowest BCUT2D eigenvalue weighted by Crippen LogP contribution is -2.44. The summed E-state index contributed by atoms with van der Waals surface area (Å²) < 4.78 is 0. The van der Waals surface area contributed by atoms with Crippen LogP contribution < -0.4 is 5.32 Å². The molecule has 2 fully saturated rings. The van der Waals surface area contributed by atoms with Crippen molar-refractivity contribution in [1.82, 2.24) is 15.1 Å². The summed E-state index contributed by atoms with van der Waals surface area (Å²) in [5.74, 6) is 0. The first kappa shape index (κ1) is 13.1. The molecule has 17 heavy (non-hydrogen) atoms. The summed E-state index contributed by atoms with van der Waals surface area (Å²) in [5.41, 5.74) is 0. The minimum absolute atomic E-state index is 0.649. The molecular weight excluding hydrogens is 210 g/mol. The van der Waals surface area contributed by atoms with Crippen molar-refractivity contribution < 1.29 is 0 Å². The predicted octanol–water partition coefficient (Wildman–Crippen LogP) is 1.32. The average Bonchev–Trinajstić information content (AvgIpc) is 2.66. The molecule has 2 aliphatic heterocycles. The third-order valence-electron chi connectivity index (χ3n) is 4.19. The molecule has 2 unspecified atom stereocenters. The first-order valence-corrected chi connectivity index (χ1v) is 7.11. The van der Waals surface area contributed by atoms with E-state index in [9.17, 15) is 0 Å². The molecular formula is C14H27N3. The van der Waals surface area contributed by atoms with E-state index >= 15 is 0 Å². The fraction of sp³-hybridized carbons (Fsp3) is 0.857. The van der Waals surface area contributed by atoms with Crippen LogP contribution >= 0.6 is 0 Å². The Kier molecular flexibility index (Phi) is 5.01. The molecule has 2 atom stereocenters. The van der Waals surface area contributed by atoms with E-state index in [2.05, 4.69) is 28.6 Å². The van der Waals surface area contributed by atoms with Gasteiger partial charge in [0.15, 0.2) is 0 Å². The molecule has 3 heteroatoms. The predicted molar refractivity (Wildman–Crippen MR) is 73.3 cm³/mol. The third kappa shape index (κ3) is 3.54. The molecule has 0 amide bonds. The molecule has 0 bridgehead atoms. The van der Waals surface area contributed by atoms with Gasteiger partial charge in [0, 0.05) is 31.7 Å². The summed E-state index contributed by atoms with van der Waals surface area (Å²) in [4.78, 5) is 5.37. The highest BCUT2D eigenvalue weighted by atomic mass is 15.3. The molecule has 0 spiro atoms. The van der Waals surface area contributed by atoms with Gasteiger partial charge < -0.3 is 5.32 Å². The second kappa shape index (κ2) is 6.53. The smallest absolute Gasteiger partial charge is 0.0223 e. The van der Waals surface area contributed by atoms with Crippen LogP contribution in [-0.4, -0.2) is 61.2 Å². The van der Waals surface area contributed by atoms with Crippen LogP contribution in [0.15, 0.2) is 12.7 Å². The molecule has 2 saturated heterocycles. The second-order valence-corrected chi connectivity index (χ2v) is 5.48. The highest BCUT2D eigenvalue weighted by molar-refractivity contribution is 4.87. The molecule has 0 aromatic rings. The summed E-state index contributed by atoms with van der Waals surface area (Å²) in [5, 5.41) is 3.44. The van der Waals surface area contributed by atoms with Gasteiger partial charge in [-0.05, 0) is 45.8 Å². The van der Waals surface area contributed by atoms with Crippen molar-refractivity contribution in [1.29, 1.82) is 0 Å². The van der Waals surface area contributed by atoms with Crippen LogP contribution in [-0.2, 0) is 0 Å². The fourth-order valence-electron chi connectivity index (χ4n) is 3.16. The maximum Gasteiger partial charge on any atom is 0.0223 e. The zero-order valence-corrected chi connectivity index (χ0v) is 11.2. The minimum Gasteiger partial charge on any atom is -0.312 e. The first-order chi connectivity index (χ1) is 8.31. The molecule has 0 aromatic carbocycles. The van der Waals surface area contributed by atoms with Crippen LogP contribution in [0, 0.1) is 0 Å². The van der Waals surface area contributed by atoms with Gasteiger partial charge in [0.2, 0.25) is 0 Å². The molecule has 2 rings (SSSR count). The summed E-state index contributed by atoms with van der Waals surface area (Å²) >= 11 is 0. The Balaban J connectivity index is 1.80. The molecule has 0 radical (unpaired) electrons. The number of nitrogens with one attached hydrogen (secondary N) is 1. The highest BCUT2D eigenvalue weighted by Crippen LogP contribution is 2.22. The van der Waals surface area contributed by atoms with Gasteiger partial charge in [-0.25, -0.2) is 0 Å². The van der Waals surface area contributed by atoms with Gasteiger partial charge in [-0.3, -0.25) is 9.80 Å². The van der Waals surface area contributed by atoms with Crippen LogP contribution in [0.3, 0.4) is 0 Å². The van der Waals surface area contributed by atoms with Crippen molar-refractivity contribution >= 4 is 0 Å². The van der Waals surface area contributed by atoms with Crippen LogP contribution in [0.4, 0.5) is 0 Å². The van der Waals surface area contributed by atoms with Crippen LogP contribution in [0.5, 0.6) is 0 Å².